The number of thiophene rings is 1. The number of carbonyl (C=O) groups excluding carboxylic acids is 4. The smallest absolute Gasteiger partial charge is 0.363 e. The molecular weight excluding hydrogens is 555 g/mol. The van der Waals surface area contributed by atoms with Crippen LogP contribution in [0.25, 0.3) is 11.3 Å². The number of esters is 2. The van der Waals surface area contributed by atoms with Crippen molar-refractivity contribution in [1.82, 2.24) is 0 Å². The average Bonchev–Trinajstić information content (AvgIpc) is 3.51. The molecule has 3 amide bonds. The van der Waals surface area contributed by atoms with Crippen LogP contribution in [-0.4, -0.2) is 37.0 Å². The number of anilines is 1. The summed E-state index contributed by atoms with van der Waals surface area (Å²) in [5.74, 6) is -3.64. The predicted molar refractivity (Wildman–Crippen MR) is 138 cm³/mol. The van der Waals surface area contributed by atoms with E-state index in [1.54, 1.807) is 41.8 Å². The topological polar surface area (TPSA) is 134 Å². The van der Waals surface area contributed by atoms with E-state index in [0.29, 0.717) is 9.78 Å². The molecule has 4 rings (SSSR count). The minimum Gasteiger partial charge on any atom is -0.459 e. The summed E-state index contributed by atoms with van der Waals surface area (Å²) in [5, 5.41) is 1.32. The molecule has 0 radical (unpaired) electrons. The second-order valence-electron chi connectivity index (χ2n) is 7.92. The van der Waals surface area contributed by atoms with Crippen LogP contribution >= 0.6 is 22.9 Å². The van der Waals surface area contributed by atoms with Crippen molar-refractivity contribution in [2.24, 2.45) is 5.73 Å². The number of fused-ring (bicyclic) bond motifs is 1. The first kappa shape index (κ1) is 27.8. The quantitative estimate of drug-likeness (QED) is 0.171. The molecule has 2 aromatic carbocycles. The zero-order chi connectivity index (χ0) is 28.1. The van der Waals surface area contributed by atoms with Crippen LogP contribution in [-0.2, 0) is 39.9 Å². The van der Waals surface area contributed by atoms with Gasteiger partial charge >= 0.3 is 24.4 Å². The molecule has 0 spiro atoms. The summed E-state index contributed by atoms with van der Waals surface area (Å²) in [4.78, 5) is 50.4. The number of urea groups is 1. The van der Waals surface area contributed by atoms with E-state index >= 15 is 0 Å². The number of hydrogen-bond acceptors (Lipinski definition) is 9. The monoisotopic (exact) mass is 574 g/mol. The van der Waals surface area contributed by atoms with Gasteiger partial charge in [-0.05, 0) is 29.1 Å². The second-order valence-corrected chi connectivity index (χ2v) is 9.27. The molecule has 0 bridgehead atoms. The number of halogens is 2. The molecule has 1 unspecified atom stereocenters. The molecule has 0 aliphatic carbocycles. The van der Waals surface area contributed by atoms with Gasteiger partial charge in [-0.25, -0.2) is 18.9 Å². The van der Waals surface area contributed by atoms with Crippen LogP contribution in [0.1, 0.15) is 22.9 Å². The van der Waals surface area contributed by atoms with E-state index in [-0.39, 0.29) is 34.2 Å². The lowest BCUT2D eigenvalue weighted by atomic mass is 10.0. The molecule has 1 aliphatic rings. The van der Waals surface area contributed by atoms with Crippen molar-refractivity contribution in [1.29, 1.82) is 0 Å². The predicted octanol–water partition coefficient (Wildman–Crippen LogP) is 4.46. The third-order valence-corrected chi connectivity index (χ3v) is 6.37. The number of amides is 3. The molecule has 0 saturated carbocycles. The van der Waals surface area contributed by atoms with Crippen LogP contribution < -0.4 is 10.6 Å². The second kappa shape index (κ2) is 12.1. The average molecular weight is 575 g/mol. The van der Waals surface area contributed by atoms with Crippen LogP contribution in [0.2, 0.25) is 5.02 Å². The number of primary amides is 1. The van der Waals surface area contributed by atoms with Crippen LogP contribution in [0.15, 0.2) is 60.0 Å². The summed E-state index contributed by atoms with van der Waals surface area (Å²) in [6.45, 7) is -1.45. The lowest BCUT2D eigenvalue weighted by Crippen LogP contribution is -2.38. The molecule has 0 fully saturated rings. The van der Waals surface area contributed by atoms with Crippen molar-refractivity contribution in [3.63, 3.8) is 0 Å². The molecule has 39 heavy (non-hydrogen) atoms. The van der Waals surface area contributed by atoms with E-state index in [9.17, 15) is 23.6 Å². The Balaban J connectivity index is 1.65. The summed E-state index contributed by atoms with van der Waals surface area (Å²) in [6, 6.07) is 13.0. The highest BCUT2D eigenvalue weighted by molar-refractivity contribution is 7.11. The van der Waals surface area contributed by atoms with E-state index in [4.69, 9.17) is 36.3 Å². The van der Waals surface area contributed by atoms with E-state index in [2.05, 4.69) is 0 Å². The third kappa shape index (κ3) is 6.42. The number of nitrogens with two attached hydrogens (primary N) is 1. The molecule has 1 atom stereocenters. The first-order valence-corrected chi connectivity index (χ1v) is 12.5. The Kier molecular flexibility index (Phi) is 8.59. The summed E-state index contributed by atoms with van der Waals surface area (Å²) in [7, 11) is 0. The van der Waals surface area contributed by atoms with Gasteiger partial charge in [-0.1, -0.05) is 48.0 Å². The molecule has 1 aromatic heterocycles. The standard InChI is InChI=1S/C26H20ClFN2O8S/c1-14(31)37-26(36-13-21(32)35-12-15-6-3-2-4-7-15)38-23(20-8-5-9-39-20)22-16-10-18(28)17(27)11-19(16)30(24(22)33)25(29)34/h2-11,26H,12-13H2,1H3,(H2,29,34). The summed E-state index contributed by atoms with van der Waals surface area (Å²) in [6.07, 6.45) is 0. The Bertz CT molecular complexity index is 1450. The molecule has 13 heteroatoms. The lowest BCUT2D eigenvalue weighted by Gasteiger charge is -2.21. The fourth-order valence-electron chi connectivity index (χ4n) is 3.58. The number of imide groups is 1. The van der Waals surface area contributed by atoms with Crippen molar-refractivity contribution in [3.8, 4) is 0 Å². The number of ether oxygens (including phenoxy) is 4. The van der Waals surface area contributed by atoms with Gasteiger partial charge in [0.1, 0.15) is 12.4 Å². The van der Waals surface area contributed by atoms with Gasteiger partial charge in [-0.2, -0.15) is 0 Å². The van der Waals surface area contributed by atoms with Gasteiger partial charge < -0.3 is 19.9 Å². The first-order chi connectivity index (χ1) is 18.7. The first-order valence-electron chi connectivity index (χ1n) is 11.2. The SMILES string of the molecule is CC(=O)OC(OCC(=O)OCc1ccccc1)OC(=C1C(=O)N(C(N)=O)c2cc(Cl)c(F)cc21)c1cccs1. The molecule has 202 valence electrons. The molecule has 1 aliphatic heterocycles. The Morgan fingerprint density at radius 3 is 2.49 bits per heavy atom. The molecule has 3 aromatic rings. The maximum atomic E-state index is 14.5. The van der Waals surface area contributed by atoms with Crippen molar-refractivity contribution in [2.75, 3.05) is 11.5 Å². The van der Waals surface area contributed by atoms with Gasteiger partial charge in [-0.15, -0.1) is 11.3 Å². The van der Waals surface area contributed by atoms with Gasteiger partial charge in [0.05, 0.1) is 21.2 Å². The Hall–Kier alpha value is -4.26. The van der Waals surface area contributed by atoms with Gasteiger partial charge in [0.2, 0.25) is 0 Å². The fraction of sp³-hybridized carbons (Fsp3) is 0.154. The largest absolute Gasteiger partial charge is 0.459 e. The van der Waals surface area contributed by atoms with Crippen molar-refractivity contribution >= 4 is 63.8 Å². The minimum absolute atomic E-state index is 0.0189. The highest BCUT2D eigenvalue weighted by Crippen LogP contribution is 2.44. The zero-order valence-electron chi connectivity index (χ0n) is 20.2. The van der Waals surface area contributed by atoms with E-state index in [1.807, 2.05) is 6.07 Å². The van der Waals surface area contributed by atoms with Crippen LogP contribution in [0.3, 0.4) is 0 Å². The Morgan fingerprint density at radius 1 is 1.10 bits per heavy atom. The molecule has 10 nitrogen and oxygen atoms in total. The van der Waals surface area contributed by atoms with Crippen molar-refractivity contribution in [3.05, 3.63) is 86.8 Å². The third-order valence-electron chi connectivity index (χ3n) is 5.21. The molecule has 2 heterocycles. The highest BCUT2D eigenvalue weighted by atomic mass is 35.5. The number of hydrogen-bond donors (Lipinski definition) is 1. The number of benzene rings is 2. The fourth-order valence-corrected chi connectivity index (χ4v) is 4.46. The Morgan fingerprint density at radius 2 is 1.85 bits per heavy atom. The molecule has 0 saturated heterocycles. The molecule has 2 N–H and O–H groups in total. The lowest BCUT2D eigenvalue weighted by molar-refractivity contribution is -0.250. The number of rotatable bonds is 9. The zero-order valence-corrected chi connectivity index (χ0v) is 21.8. The number of nitrogens with zero attached hydrogens (tertiary/aromatic N) is 1. The summed E-state index contributed by atoms with van der Waals surface area (Å²) in [5.41, 5.74) is 5.77. The normalized spacial score (nSPS) is 14.4. The minimum atomic E-state index is -1.83. The van der Waals surface area contributed by atoms with Crippen LogP contribution in [0, 0.1) is 5.82 Å². The van der Waals surface area contributed by atoms with Gasteiger partial charge in [0.25, 0.3) is 5.91 Å². The highest BCUT2D eigenvalue weighted by Gasteiger charge is 2.41. The summed E-state index contributed by atoms with van der Waals surface area (Å²) >= 11 is 7.01. The van der Waals surface area contributed by atoms with Gasteiger partial charge in [0.15, 0.2) is 12.4 Å². The van der Waals surface area contributed by atoms with E-state index in [0.717, 1.165) is 36.0 Å². The van der Waals surface area contributed by atoms with Gasteiger partial charge in [0, 0.05) is 12.5 Å². The van der Waals surface area contributed by atoms with Crippen LogP contribution in [0.5, 0.6) is 0 Å². The van der Waals surface area contributed by atoms with Crippen LogP contribution in [0.4, 0.5) is 14.9 Å². The van der Waals surface area contributed by atoms with E-state index in [1.165, 1.54) is 0 Å². The molecular formula is C26H20ClFN2O8S. The van der Waals surface area contributed by atoms with Gasteiger partial charge in [-0.3, -0.25) is 14.3 Å². The Labute approximate surface area is 230 Å². The van der Waals surface area contributed by atoms with E-state index < -0.39 is 42.8 Å². The maximum absolute atomic E-state index is 14.5. The van der Waals surface area contributed by atoms with Crippen molar-refractivity contribution in [2.45, 2.75) is 20.0 Å². The number of carbonyl (C=O) groups is 4. The summed E-state index contributed by atoms with van der Waals surface area (Å²) < 4.78 is 35.8. The van der Waals surface area contributed by atoms with Crippen molar-refractivity contribution < 1.29 is 42.5 Å². The maximum Gasteiger partial charge on any atom is 0.363 e.